The summed E-state index contributed by atoms with van der Waals surface area (Å²) in [5.41, 5.74) is 8.19. The predicted octanol–water partition coefficient (Wildman–Crippen LogP) is 6.78. The number of allylic oxidation sites excluding steroid dienone is 2. The molecule has 0 radical (unpaired) electrons. The molecule has 1 unspecified atom stereocenters. The average Bonchev–Trinajstić information content (AvgIpc) is 3.36. The first-order valence-corrected chi connectivity index (χ1v) is 14.0. The number of imidazole rings is 1. The molecule has 5 rings (SSSR count). The van der Waals surface area contributed by atoms with Crippen LogP contribution in [-0.4, -0.2) is 39.9 Å². The largest absolute Gasteiger partial charge is 0.416 e. The number of anilines is 1. The van der Waals surface area contributed by atoms with Gasteiger partial charge in [-0.25, -0.2) is 4.98 Å². The summed E-state index contributed by atoms with van der Waals surface area (Å²) in [5, 5.41) is 1.22. The predicted molar refractivity (Wildman–Crippen MR) is 155 cm³/mol. The maximum absolute atomic E-state index is 14.1. The highest BCUT2D eigenvalue weighted by molar-refractivity contribution is 8.02. The van der Waals surface area contributed by atoms with Gasteiger partial charge in [-0.15, -0.1) is 11.8 Å². The number of benzene rings is 2. The third kappa shape index (κ3) is 6.08. The van der Waals surface area contributed by atoms with Crippen molar-refractivity contribution in [1.29, 1.82) is 0 Å². The highest BCUT2D eigenvalue weighted by Crippen LogP contribution is 2.33. The monoisotopic (exact) mass is 585 g/mol. The molecule has 6 nitrogen and oxygen atoms in total. The molecule has 2 aromatic carbocycles. The van der Waals surface area contributed by atoms with Crippen LogP contribution in [0.5, 0.6) is 0 Å². The summed E-state index contributed by atoms with van der Waals surface area (Å²) < 4.78 is 39.6. The lowest BCUT2D eigenvalue weighted by Gasteiger charge is -2.35. The molecule has 0 spiro atoms. The first-order valence-electron chi connectivity index (χ1n) is 12.6. The van der Waals surface area contributed by atoms with E-state index >= 15 is 0 Å². The van der Waals surface area contributed by atoms with Gasteiger partial charge in [0.05, 0.1) is 39.8 Å². The van der Waals surface area contributed by atoms with E-state index in [9.17, 15) is 18.0 Å². The third-order valence-corrected chi connectivity index (χ3v) is 8.06. The summed E-state index contributed by atoms with van der Waals surface area (Å²) in [7, 11) is 0. The van der Waals surface area contributed by atoms with Crippen LogP contribution in [0.15, 0.2) is 89.6 Å². The molecular formula is C29H27ClF3N5OS. The lowest BCUT2D eigenvalue weighted by Crippen LogP contribution is -2.44. The van der Waals surface area contributed by atoms with E-state index in [1.807, 2.05) is 47.4 Å². The van der Waals surface area contributed by atoms with Crippen LogP contribution < -0.4 is 10.6 Å². The lowest BCUT2D eigenvalue weighted by atomic mass is 10.0. The second kappa shape index (κ2) is 11.5. The van der Waals surface area contributed by atoms with E-state index in [1.165, 1.54) is 17.8 Å². The molecule has 1 aliphatic carbocycles. The Balaban J connectivity index is 1.38. The van der Waals surface area contributed by atoms with Crippen LogP contribution in [0.4, 0.5) is 19.1 Å². The lowest BCUT2D eigenvalue weighted by molar-refractivity contribution is -0.137. The summed E-state index contributed by atoms with van der Waals surface area (Å²) in [5.74, 6) is 0.703. The summed E-state index contributed by atoms with van der Waals surface area (Å²) in [6.45, 7) is 4.85. The van der Waals surface area contributed by atoms with Gasteiger partial charge in [-0.3, -0.25) is 9.69 Å². The highest BCUT2D eigenvalue weighted by Gasteiger charge is 2.33. The van der Waals surface area contributed by atoms with Gasteiger partial charge in [0, 0.05) is 29.4 Å². The van der Waals surface area contributed by atoms with E-state index in [2.05, 4.69) is 16.5 Å². The maximum atomic E-state index is 14.1. The fourth-order valence-electron chi connectivity index (χ4n) is 4.70. The Morgan fingerprint density at radius 3 is 2.80 bits per heavy atom. The van der Waals surface area contributed by atoms with Crippen LogP contribution in [0.1, 0.15) is 24.0 Å². The first kappa shape index (κ1) is 27.9. The van der Waals surface area contributed by atoms with Gasteiger partial charge >= 0.3 is 6.18 Å². The van der Waals surface area contributed by atoms with Crippen LogP contribution >= 0.6 is 23.4 Å². The number of thioether (sulfide) groups is 1. The summed E-state index contributed by atoms with van der Waals surface area (Å²) in [6.07, 6.45) is 4.36. The molecule has 0 fully saturated rings. The van der Waals surface area contributed by atoms with E-state index < -0.39 is 11.7 Å². The summed E-state index contributed by atoms with van der Waals surface area (Å²) in [4.78, 5) is 25.0. The van der Waals surface area contributed by atoms with E-state index in [0.717, 1.165) is 17.7 Å². The minimum Gasteiger partial charge on any atom is -0.402 e. The molecule has 3 aromatic rings. The number of aromatic amines is 1. The Kier molecular flexibility index (Phi) is 8.00. The van der Waals surface area contributed by atoms with Crippen LogP contribution in [-0.2, 0) is 16.7 Å². The molecule has 1 aliphatic heterocycles. The van der Waals surface area contributed by atoms with Crippen molar-refractivity contribution in [1.82, 2.24) is 14.9 Å². The number of aromatic nitrogens is 2. The minimum absolute atomic E-state index is 0.158. The van der Waals surface area contributed by atoms with Gasteiger partial charge in [-0.2, -0.15) is 13.2 Å². The van der Waals surface area contributed by atoms with E-state index in [4.69, 9.17) is 17.3 Å². The number of hydrogen-bond donors (Lipinski definition) is 2. The first-order chi connectivity index (χ1) is 19.1. The van der Waals surface area contributed by atoms with Crippen molar-refractivity contribution >= 4 is 46.3 Å². The molecule has 0 saturated heterocycles. The zero-order valence-corrected chi connectivity index (χ0v) is 23.0. The zero-order valence-electron chi connectivity index (χ0n) is 21.4. The summed E-state index contributed by atoms with van der Waals surface area (Å²) in [6, 6.07) is 10.7. The van der Waals surface area contributed by atoms with Gasteiger partial charge in [0.1, 0.15) is 0 Å². The number of rotatable bonds is 7. The maximum Gasteiger partial charge on any atom is 0.416 e. The second-order valence-electron chi connectivity index (χ2n) is 9.57. The molecule has 1 atom stereocenters. The number of carbonyl (C=O) groups is 1. The standard InChI is InChI=1S/C29H27ClF3N5OS/c1-18(40-17-19-6-5-7-21(30)14-19)38(22-8-3-2-4-9-22)27(39)23-16-37(13-12-24(23)34)28-35-25-11-10-20(29(31,32)33)15-26(25)36-28/h2-8,10-11,14-15,22H,1,9,12-13,16-17,34H2,(H,35,36). The number of carbonyl (C=O) groups excluding carboxylic acids is 1. The second-order valence-corrected chi connectivity index (χ2v) is 11.1. The molecular weight excluding hydrogens is 559 g/mol. The number of halogens is 4. The molecule has 1 amide bonds. The number of H-pyrrole nitrogens is 1. The average molecular weight is 586 g/mol. The Morgan fingerprint density at radius 1 is 1.25 bits per heavy atom. The summed E-state index contributed by atoms with van der Waals surface area (Å²) >= 11 is 7.58. The number of amides is 1. The molecule has 0 bridgehead atoms. The molecule has 0 saturated carbocycles. The van der Waals surface area contributed by atoms with Gasteiger partial charge in [-0.05, 0) is 42.3 Å². The molecule has 11 heteroatoms. The van der Waals surface area contributed by atoms with Crippen LogP contribution in [0, 0.1) is 0 Å². The Labute approximate surface area is 239 Å². The number of nitrogens with two attached hydrogens (primary N) is 1. The molecule has 40 heavy (non-hydrogen) atoms. The van der Waals surface area contributed by atoms with Gasteiger partial charge in [0.15, 0.2) is 0 Å². The minimum atomic E-state index is -4.46. The van der Waals surface area contributed by atoms with Crippen molar-refractivity contribution < 1.29 is 18.0 Å². The number of fused-ring (bicyclic) bond motifs is 1. The molecule has 2 heterocycles. The Morgan fingerprint density at radius 2 is 2.08 bits per heavy atom. The highest BCUT2D eigenvalue weighted by atomic mass is 35.5. The van der Waals surface area contributed by atoms with E-state index in [1.54, 1.807) is 11.0 Å². The van der Waals surface area contributed by atoms with E-state index in [0.29, 0.717) is 57.9 Å². The topological polar surface area (TPSA) is 78.2 Å². The molecule has 1 aromatic heterocycles. The molecule has 2 aliphatic rings. The zero-order chi connectivity index (χ0) is 28.4. The Bertz CT molecular complexity index is 1540. The smallest absolute Gasteiger partial charge is 0.402 e. The molecule has 3 N–H and O–H groups in total. The van der Waals surface area contributed by atoms with Crippen molar-refractivity contribution in [3.63, 3.8) is 0 Å². The van der Waals surface area contributed by atoms with Crippen molar-refractivity contribution in [2.24, 2.45) is 5.73 Å². The SMILES string of the molecule is C=C(SCc1cccc(Cl)c1)N(C(=O)C1=C(N)CCN(c2nc3ccc(C(F)(F)F)cc3[nH]2)C1)C1C=CC=CC1. The Hall–Kier alpha value is -3.63. The number of alkyl halides is 3. The van der Waals surface area contributed by atoms with Crippen molar-refractivity contribution in [2.45, 2.75) is 30.8 Å². The number of nitrogens with zero attached hydrogens (tertiary/aromatic N) is 3. The normalized spacial score (nSPS) is 17.5. The van der Waals surface area contributed by atoms with Crippen molar-refractivity contribution in [3.05, 3.63) is 106 Å². The van der Waals surface area contributed by atoms with Crippen molar-refractivity contribution in [3.8, 4) is 0 Å². The van der Waals surface area contributed by atoms with Crippen LogP contribution in [0.25, 0.3) is 11.0 Å². The fourth-order valence-corrected chi connectivity index (χ4v) is 5.79. The number of hydrogen-bond acceptors (Lipinski definition) is 5. The van der Waals surface area contributed by atoms with E-state index in [-0.39, 0.29) is 24.0 Å². The van der Waals surface area contributed by atoms with Gasteiger partial charge in [-0.1, -0.05) is 54.6 Å². The van der Waals surface area contributed by atoms with Gasteiger partial charge in [0.2, 0.25) is 5.95 Å². The fraction of sp³-hybridized carbons (Fsp3) is 0.241. The third-order valence-electron chi connectivity index (χ3n) is 6.81. The van der Waals surface area contributed by atoms with Crippen LogP contribution in [0.2, 0.25) is 5.02 Å². The molecule has 208 valence electrons. The van der Waals surface area contributed by atoms with Crippen LogP contribution in [0.3, 0.4) is 0 Å². The van der Waals surface area contributed by atoms with Gasteiger partial charge < -0.3 is 15.6 Å². The van der Waals surface area contributed by atoms with Crippen molar-refractivity contribution in [2.75, 3.05) is 18.0 Å². The quantitative estimate of drug-likeness (QED) is 0.320. The number of nitrogens with one attached hydrogen (secondary N) is 1. The van der Waals surface area contributed by atoms with Gasteiger partial charge in [0.25, 0.3) is 5.91 Å².